The number of aromatic hydroxyl groups is 1. The van der Waals surface area contributed by atoms with Crippen molar-refractivity contribution in [2.24, 2.45) is 0 Å². The average Bonchev–Trinajstić information content (AvgIpc) is 3.34. The third-order valence-electron chi connectivity index (χ3n) is 5.50. The van der Waals surface area contributed by atoms with Crippen molar-refractivity contribution in [2.75, 3.05) is 5.32 Å². The van der Waals surface area contributed by atoms with Crippen LogP contribution in [0.5, 0.6) is 5.75 Å². The Morgan fingerprint density at radius 2 is 1.97 bits per heavy atom. The van der Waals surface area contributed by atoms with Crippen LogP contribution in [-0.2, 0) is 6.54 Å². The third-order valence-corrected chi connectivity index (χ3v) is 5.50. The summed E-state index contributed by atoms with van der Waals surface area (Å²) in [6.07, 6.45) is 3.20. The molecule has 0 saturated heterocycles. The molecule has 1 saturated carbocycles. The van der Waals surface area contributed by atoms with Crippen LogP contribution in [0.3, 0.4) is 0 Å². The number of anilines is 1. The van der Waals surface area contributed by atoms with E-state index in [0.29, 0.717) is 28.2 Å². The lowest BCUT2D eigenvalue weighted by atomic mass is 10.1. The van der Waals surface area contributed by atoms with Gasteiger partial charge < -0.3 is 20.3 Å². The van der Waals surface area contributed by atoms with Gasteiger partial charge >= 0.3 is 6.03 Å². The molecule has 4 aromatic rings. The van der Waals surface area contributed by atoms with Gasteiger partial charge in [-0.05, 0) is 43.2 Å². The zero-order chi connectivity index (χ0) is 23.7. The fourth-order valence-electron chi connectivity index (χ4n) is 3.59. The van der Waals surface area contributed by atoms with E-state index in [1.807, 2.05) is 0 Å². The van der Waals surface area contributed by atoms with Gasteiger partial charge in [-0.1, -0.05) is 23.4 Å². The monoisotopic (exact) mass is 461 g/mol. The number of rotatable bonds is 6. The van der Waals surface area contributed by atoms with E-state index in [1.54, 1.807) is 30.3 Å². The Balaban J connectivity index is 1.40. The average molecular weight is 461 g/mol. The first kappa shape index (κ1) is 21.4. The molecule has 1 aliphatic rings. The molecule has 0 radical (unpaired) electrons. The fraction of sp³-hybridized carbons (Fsp3) is 0.167. The van der Waals surface area contributed by atoms with Gasteiger partial charge in [0.15, 0.2) is 0 Å². The number of carbonyl (C=O) groups is 2. The number of halogens is 1. The summed E-state index contributed by atoms with van der Waals surface area (Å²) in [5.74, 6) is -0.735. The molecule has 2 aromatic carbocycles. The van der Waals surface area contributed by atoms with E-state index in [2.05, 4.69) is 20.9 Å². The minimum Gasteiger partial charge on any atom is -0.507 e. The normalized spacial score (nSPS) is 13.0. The molecule has 0 aliphatic heterocycles. The van der Waals surface area contributed by atoms with Crippen molar-refractivity contribution in [3.63, 3.8) is 0 Å². The van der Waals surface area contributed by atoms with E-state index < -0.39 is 17.8 Å². The van der Waals surface area contributed by atoms with Crippen molar-refractivity contribution in [3.8, 4) is 17.0 Å². The third kappa shape index (κ3) is 4.38. The predicted octanol–water partition coefficient (Wildman–Crippen LogP) is 4.27. The highest BCUT2D eigenvalue weighted by Crippen LogP contribution is 2.42. The Labute approximate surface area is 193 Å². The Morgan fingerprint density at radius 3 is 2.71 bits per heavy atom. The number of amides is 2. The molecule has 0 unspecified atom stereocenters. The molecule has 34 heavy (non-hydrogen) atoms. The zero-order valence-corrected chi connectivity index (χ0v) is 17.9. The molecular weight excluding hydrogens is 441 g/mol. The van der Waals surface area contributed by atoms with E-state index in [1.165, 1.54) is 35.1 Å². The molecule has 9 nitrogen and oxygen atoms in total. The molecule has 1 aliphatic carbocycles. The minimum atomic E-state index is -0.495. The van der Waals surface area contributed by atoms with Gasteiger partial charge in [-0.3, -0.25) is 4.79 Å². The quantitative estimate of drug-likeness (QED) is 0.369. The van der Waals surface area contributed by atoms with Gasteiger partial charge in [-0.25, -0.2) is 9.18 Å². The largest absolute Gasteiger partial charge is 0.507 e. The highest BCUT2D eigenvalue weighted by Gasteiger charge is 2.31. The molecule has 0 spiro atoms. The topological polar surface area (TPSA) is 122 Å². The molecule has 172 valence electrons. The van der Waals surface area contributed by atoms with Crippen molar-refractivity contribution < 1.29 is 23.6 Å². The standard InChI is InChI=1S/C24H20FN5O4/c25-18-4-2-1-3-15(18)13-26-24(33)30-20(14-5-6-14)12-19(29-30)17-11-16(7-8-21(17)31)28-23(32)22-9-10-27-34-22/h1-4,7-12,14,31H,5-6,13H2,(H,26,33)(H,28,32). The SMILES string of the molecule is O=C(Nc1ccc(O)c(-c2cc(C3CC3)n(C(=O)NCc3ccccc3F)n2)c1)c1ccno1. The van der Waals surface area contributed by atoms with Crippen LogP contribution in [0.1, 0.15) is 40.6 Å². The maximum atomic E-state index is 13.9. The maximum absolute atomic E-state index is 13.9. The van der Waals surface area contributed by atoms with E-state index in [4.69, 9.17) is 4.52 Å². The first-order chi connectivity index (χ1) is 16.5. The number of nitrogens with zero attached hydrogens (tertiary/aromatic N) is 3. The van der Waals surface area contributed by atoms with Gasteiger partial charge in [0.25, 0.3) is 5.91 Å². The van der Waals surface area contributed by atoms with Crippen LogP contribution >= 0.6 is 0 Å². The lowest BCUT2D eigenvalue weighted by molar-refractivity contribution is 0.0988. The lowest BCUT2D eigenvalue weighted by Crippen LogP contribution is -2.30. The second kappa shape index (κ2) is 8.81. The molecule has 5 rings (SSSR count). The van der Waals surface area contributed by atoms with E-state index in [0.717, 1.165) is 12.8 Å². The molecule has 1 fully saturated rings. The smallest absolute Gasteiger partial charge is 0.342 e. The van der Waals surface area contributed by atoms with Crippen LogP contribution in [0.2, 0.25) is 0 Å². The highest BCUT2D eigenvalue weighted by molar-refractivity contribution is 6.02. The summed E-state index contributed by atoms with van der Waals surface area (Å²) in [5, 5.41) is 23.7. The van der Waals surface area contributed by atoms with Gasteiger partial charge in [0, 0.05) is 35.3 Å². The minimum absolute atomic E-state index is 0.0131. The fourth-order valence-corrected chi connectivity index (χ4v) is 3.59. The summed E-state index contributed by atoms with van der Waals surface area (Å²) in [7, 11) is 0. The lowest BCUT2D eigenvalue weighted by Gasteiger charge is -2.09. The Bertz CT molecular complexity index is 1360. The van der Waals surface area contributed by atoms with Crippen LogP contribution in [0.25, 0.3) is 11.3 Å². The second-order valence-corrected chi connectivity index (χ2v) is 7.95. The summed E-state index contributed by atoms with van der Waals surface area (Å²) in [6, 6.07) is 13.4. The van der Waals surface area contributed by atoms with Crippen molar-refractivity contribution in [2.45, 2.75) is 25.3 Å². The summed E-state index contributed by atoms with van der Waals surface area (Å²) in [4.78, 5) is 25.1. The Kier molecular flexibility index (Phi) is 5.54. The van der Waals surface area contributed by atoms with E-state index in [-0.39, 0.29) is 24.0 Å². The number of hydrogen-bond donors (Lipinski definition) is 3. The van der Waals surface area contributed by atoms with Crippen molar-refractivity contribution >= 4 is 17.6 Å². The van der Waals surface area contributed by atoms with Gasteiger partial charge in [-0.15, -0.1) is 0 Å². The first-order valence-electron chi connectivity index (χ1n) is 10.7. The van der Waals surface area contributed by atoms with Crippen LogP contribution in [0.4, 0.5) is 14.9 Å². The van der Waals surface area contributed by atoms with E-state index >= 15 is 0 Å². The van der Waals surface area contributed by atoms with Crippen LogP contribution in [-0.4, -0.2) is 32.0 Å². The first-order valence-corrected chi connectivity index (χ1v) is 10.7. The molecule has 2 aromatic heterocycles. The molecular formula is C24H20FN5O4. The number of nitrogens with one attached hydrogen (secondary N) is 2. The molecule has 2 amide bonds. The second-order valence-electron chi connectivity index (χ2n) is 7.95. The van der Waals surface area contributed by atoms with Crippen LogP contribution < -0.4 is 10.6 Å². The number of benzene rings is 2. The number of aromatic nitrogens is 3. The molecule has 0 atom stereocenters. The Morgan fingerprint density at radius 1 is 1.15 bits per heavy atom. The predicted molar refractivity (Wildman–Crippen MR) is 120 cm³/mol. The molecule has 3 N–H and O–H groups in total. The van der Waals surface area contributed by atoms with Crippen molar-refractivity contribution in [1.29, 1.82) is 0 Å². The van der Waals surface area contributed by atoms with Gasteiger partial charge in [0.2, 0.25) is 5.76 Å². The van der Waals surface area contributed by atoms with Gasteiger partial charge in [0.1, 0.15) is 11.6 Å². The summed E-state index contributed by atoms with van der Waals surface area (Å²) >= 11 is 0. The maximum Gasteiger partial charge on any atom is 0.342 e. The molecule has 10 heteroatoms. The van der Waals surface area contributed by atoms with Gasteiger partial charge in [-0.2, -0.15) is 9.78 Å². The number of hydrogen-bond acceptors (Lipinski definition) is 6. The van der Waals surface area contributed by atoms with Crippen molar-refractivity contribution in [3.05, 3.63) is 83.6 Å². The summed E-state index contributed by atoms with van der Waals surface area (Å²) < 4.78 is 20.0. The summed E-state index contributed by atoms with van der Waals surface area (Å²) in [6.45, 7) is 0.0131. The van der Waals surface area contributed by atoms with Crippen LogP contribution in [0.15, 0.2) is 65.3 Å². The van der Waals surface area contributed by atoms with E-state index in [9.17, 15) is 19.1 Å². The summed E-state index contributed by atoms with van der Waals surface area (Å²) in [5.41, 5.74) is 2.19. The van der Waals surface area contributed by atoms with Gasteiger partial charge in [0.05, 0.1) is 17.6 Å². The number of phenols is 1. The van der Waals surface area contributed by atoms with Crippen molar-refractivity contribution in [1.82, 2.24) is 20.3 Å². The van der Waals surface area contributed by atoms with Crippen LogP contribution in [0, 0.1) is 5.82 Å². The number of carbonyl (C=O) groups excluding carboxylic acids is 2. The Hall–Kier alpha value is -4.47. The number of phenolic OH excluding ortho intramolecular Hbond substituents is 1. The zero-order valence-electron chi connectivity index (χ0n) is 17.9. The molecule has 2 heterocycles. The molecule has 0 bridgehead atoms. The highest BCUT2D eigenvalue weighted by atomic mass is 19.1.